The largest absolute Gasteiger partial charge is 0.351 e. The topological polar surface area (TPSA) is 66.5 Å². The van der Waals surface area contributed by atoms with Crippen LogP contribution in [-0.4, -0.2) is 37.3 Å². The molecule has 0 aliphatic carbocycles. The summed E-state index contributed by atoms with van der Waals surface area (Å²) in [6.45, 7) is 6.59. The highest BCUT2D eigenvalue weighted by atomic mass is 32.2. The van der Waals surface area contributed by atoms with Crippen LogP contribution in [-0.2, 0) is 14.8 Å². The molecule has 1 amide bonds. The smallest absolute Gasteiger partial charge is 0.243 e. The summed E-state index contributed by atoms with van der Waals surface area (Å²) in [6, 6.07) is 12.9. The third kappa shape index (κ3) is 4.07. The molecule has 1 aliphatic rings. The Kier molecular flexibility index (Phi) is 5.08. The summed E-state index contributed by atoms with van der Waals surface area (Å²) in [6.07, 6.45) is 1.10. The van der Waals surface area contributed by atoms with Crippen molar-refractivity contribution in [3.63, 3.8) is 0 Å². The zero-order valence-electron chi connectivity index (χ0n) is 15.5. The Labute approximate surface area is 155 Å². The molecule has 5 nitrogen and oxygen atoms in total. The van der Waals surface area contributed by atoms with Gasteiger partial charge in [0.15, 0.2) is 0 Å². The highest BCUT2D eigenvalue weighted by molar-refractivity contribution is 7.89. The molecule has 26 heavy (non-hydrogen) atoms. The van der Waals surface area contributed by atoms with Gasteiger partial charge in [0, 0.05) is 24.5 Å². The summed E-state index contributed by atoms with van der Waals surface area (Å²) in [5.74, 6) is -0.113. The number of carbonyl (C=O) groups excluding carboxylic acids is 1. The number of nitrogens with zero attached hydrogens (tertiary/aromatic N) is 1. The van der Waals surface area contributed by atoms with Crippen molar-refractivity contribution in [2.45, 2.75) is 44.0 Å². The van der Waals surface area contributed by atoms with Gasteiger partial charge in [0.1, 0.15) is 0 Å². The number of hydrogen-bond acceptors (Lipinski definition) is 3. The molecule has 6 heteroatoms. The van der Waals surface area contributed by atoms with Gasteiger partial charge in [0.25, 0.3) is 0 Å². The lowest BCUT2D eigenvalue weighted by Gasteiger charge is -2.32. The maximum Gasteiger partial charge on any atom is 0.243 e. The number of carbonyl (C=O) groups is 1. The third-order valence-corrected chi connectivity index (χ3v) is 6.58. The lowest BCUT2D eigenvalue weighted by Crippen LogP contribution is -2.47. The van der Waals surface area contributed by atoms with Gasteiger partial charge in [-0.3, -0.25) is 4.79 Å². The summed E-state index contributed by atoms with van der Waals surface area (Å²) < 4.78 is 27.4. The van der Waals surface area contributed by atoms with E-state index in [1.165, 1.54) is 4.31 Å². The van der Waals surface area contributed by atoms with Gasteiger partial charge in [-0.05, 0) is 56.5 Å². The molecule has 0 unspecified atom stereocenters. The van der Waals surface area contributed by atoms with Crippen LogP contribution in [0, 0.1) is 5.92 Å². The first-order valence-corrected chi connectivity index (χ1v) is 10.4. The first-order chi connectivity index (χ1) is 12.2. The van der Waals surface area contributed by atoms with E-state index in [9.17, 15) is 13.2 Å². The minimum atomic E-state index is -3.54. The van der Waals surface area contributed by atoms with Crippen molar-refractivity contribution in [2.24, 2.45) is 5.92 Å². The Balaban J connectivity index is 1.72. The van der Waals surface area contributed by atoms with Crippen molar-refractivity contribution in [2.75, 3.05) is 13.1 Å². The predicted octanol–water partition coefficient (Wildman–Crippen LogP) is 3.16. The first-order valence-electron chi connectivity index (χ1n) is 8.98. The fourth-order valence-corrected chi connectivity index (χ4v) is 4.81. The van der Waals surface area contributed by atoms with Crippen molar-refractivity contribution in [3.05, 3.63) is 42.5 Å². The Morgan fingerprint density at radius 1 is 1.04 bits per heavy atom. The molecular weight excluding hydrogens is 348 g/mol. The molecule has 0 radical (unpaired) electrons. The van der Waals surface area contributed by atoms with Gasteiger partial charge in [-0.15, -0.1) is 0 Å². The third-order valence-electron chi connectivity index (χ3n) is 4.68. The first kappa shape index (κ1) is 18.9. The molecule has 0 saturated carbocycles. The Morgan fingerprint density at radius 3 is 2.27 bits per heavy atom. The molecule has 1 heterocycles. The van der Waals surface area contributed by atoms with Crippen LogP contribution in [0.3, 0.4) is 0 Å². The summed E-state index contributed by atoms with van der Waals surface area (Å²) in [7, 11) is -3.54. The number of hydrogen-bond donors (Lipinski definition) is 1. The van der Waals surface area contributed by atoms with Crippen LogP contribution in [0.25, 0.3) is 10.8 Å². The van der Waals surface area contributed by atoms with Gasteiger partial charge in [0.2, 0.25) is 15.9 Å². The van der Waals surface area contributed by atoms with E-state index in [0.29, 0.717) is 30.8 Å². The van der Waals surface area contributed by atoms with E-state index in [1.54, 1.807) is 12.1 Å². The van der Waals surface area contributed by atoms with Gasteiger partial charge >= 0.3 is 0 Å². The zero-order valence-corrected chi connectivity index (χ0v) is 16.3. The minimum Gasteiger partial charge on any atom is -0.351 e. The van der Waals surface area contributed by atoms with Crippen molar-refractivity contribution in [3.8, 4) is 0 Å². The van der Waals surface area contributed by atoms with Crippen LogP contribution in [0.5, 0.6) is 0 Å². The van der Waals surface area contributed by atoms with Gasteiger partial charge in [-0.1, -0.05) is 30.3 Å². The van der Waals surface area contributed by atoms with Crippen LogP contribution in [0.15, 0.2) is 47.4 Å². The molecule has 0 atom stereocenters. The Hall–Kier alpha value is -1.92. The van der Waals surface area contributed by atoms with Crippen molar-refractivity contribution >= 4 is 26.7 Å². The number of sulfonamides is 1. The second-order valence-corrected chi connectivity index (χ2v) is 9.86. The molecule has 0 aromatic heterocycles. The molecule has 2 aromatic carbocycles. The van der Waals surface area contributed by atoms with Crippen molar-refractivity contribution < 1.29 is 13.2 Å². The number of rotatable bonds is 3. The Morgan fingerprint density at radius 2 is 1.65 bits per heavy atom. The fraction of sp³-hybridized carbons (Fsp3) is 0.450. The molecule has 0 bridgehead atoms. The minimum absolute atomic E-state index is 0.0141. The van der Waals surface area contributed by atoms with E-state index in [-0.39, 0.29) is 17.4 Å². The van der Waals surface area contributed by atoms with Crippen LogP contribution >= 0.6 is 0 Å². The zero-order chi connectivity index (χ0) is 18.9. The molecule has 1 fully saturated rings. The number of fused-ring (bicyclic) bond motifs is 1. The van der Waals surface area contributed by atoms with Gasteiger partial charge in [-0.25, -0.2) is 8.42 Å². The van der Waals surface area contributed by atoms with Crippen molar-refractivity contribution in [1.82, 2.24) is 9.62 Å². The van der Waals surface area contributed by atoms with E-state index >= 15 is 0 Å². The molecule has 1 aliphatic heterocycles. The van der Waals surface area contributed by atoms with E-state index in [0.717, 1.165) is 10.8 Å². The molecule has 1 N–H and O–H groups in total. The average molecular weight is 375 g/mol. The predicted molar refractivity (Wildman–Crippen MR) is 103 cm³/mol. The molecule has 1 saturated heterocycles. The summed E-state index contributed by atoms with van der Waals surface area (Å²) in [5.41, 5.74) is -0.272. The number of benzene rings is 2. The maximum atomic E-state index is 13.0. The highest BCUT2D eigenvalue weighted by Gasteiger charge is 2.33. The van der Waals surface area contributed by atoms with E-state index in [2.05, 4.69) is 5.32 Å². The SMILES string of the molecule is CC(C)(C)NC(=O)C1CCN(S(=O)(=O)c2ccc3ccccc3c2)CC1. The normalized spacial score (nSPS) is 17.3. The van der Waals surface area contributed by atoms with Crippen LogP contribution < -0.4 is 5.32 Å². The van der Waals surface area contributed by atoms with Gasteiger partial charge in [-0.2, -0.15) is 4.31 Å². The summed E-state index contributed by atoms with van der Waals surface area (Å²) in [5, 5.41) is 4.92. The number of piperidine rings is 1. The summed E-state index contributed by atoms with van der Waals surface area (Å²) in [4.78, 5) is 12.6. The second kappa shape index (κ2) is 7.00. The molecule has 3 rings (SSSR count). The standard InChI is InChI=1S/C20H26N2O3S/c1-20(2,3)21-19(23)16-10-12-22(13-11-16)26(24,25)18-9-8-15-6-4-5-7-17(15)14-18/h4-9,14,16H,10-13H2,1-3H3,(H,21,23). The van der Waals surface area contributed by atoms with Crippen LogP contribution in [0.2, 0.25) is 0 Å². The Bertz CT molecular complexity index is 908. The quantitative estimate of drug-likeness (QED) is 0.897. The molecule has 140 valence electrons. The molecule has 2 aromatic rings. The molecular formula is C20H26N2O3S. The number of amides is 1. The van der Waals surface area contributed by atoms with Crippen molar-refractivity contribution in [1.29, 1.82) is 0 Å². The fourth-order valence-electron chi connectivity index (χ4n) is 3.31. The monoisotopic (exact) mass is 374 g/mol. The maximum absolute atomic E-state index is 13.0. The van der Waals surface area contributed by atoms with E-state index in [4.69, 9.17) is 0 Å². The average Bonchev–Trinajstić information content (AvgIpc) is 2.60. The second-order valence-electron chi connectivity index (χ2n) is 7.93. The van der Waals surface area contributed by atoms with Gasteiger partial charge in [0.05, 0.1) is 4.90 Å². The summed E-state index contributed by atoms with van der Waals surface area (Å²) >= 11 is 0. The lowest BCUT2D eigenvalue weighted by atomic mass is 9.96. The number of nitrogens with one attached hydrogen (secondary N) is 1. The molecule has 0 spiro atoms. The van der Waals surface area contributed by atoms with E-state index in [1.807, 2.05) is 51.1 Å². The van der Waals surface area contributed by atoms with E-state index < -0.39 is 10.0 Å². The highest BCUT2D eigenvalue weighted by Crippen LogP contribution is 2.26. The lowest BCUT2D eigenvalue weighted by molar-refractivity contribution is -0.127. The van der Waals surface area contributed by atoms with Crippen LogP contribution in [0.1, 0.15) is 33.6 Å². The van der Waals surface area contributed by atoms with Crippen LogP contribution in [0.4, 0.5) is 0 Å². The van der Waals surface area contributed by atoms with Gasteiger partial charge < -0.3 is 5.32 Å².